The molecular weight excluding hydrogens is 260 g/mol. The Labute approximate surface area is 126 Å². The summed E-state index contributed by atoms with van der Waals surface area (Å²) in [5, 5.41) is 11.8. The first kappa shape index (κ1) is 14.3. The highest BCUT2D eigenvalue weighted by Gasteiger charge is 2.36. The standard InChI is InChI=1S/C18H24N2O/c1-3-18(4-2)9-10-20(13-18)17-16-8-6-5-7-14(16)11-15(12-21)19-17/h5-8,11,21H,3-4,9-10,12-13H2,1-2H3. The molecule has 3 heteroatoms. The third-order valence-electron chi connectivity index (χ3n) is 5.17. The van der Waals surface area contributed by atoms with E-state index in [0.29, 0.717) is 5.41 Å². The van der Waals surface area contributed by atoms with E-state index in [1.165, 1.54) is 24.6 Å². The van der Waals surface area contributed by atoms with Crippen molar-refractivity contribution in [2.75, 3.05) is 18.0 Å². The van der Waals surface area contributed by atoms with Crippen LogP contribution in [0.3, 0.4) is 0 Å². The van der Waals surface area contributed by atoms with Gasteiger partial charge in [0, 0.05) is 18.5 Å². The van der Waals surface area contributed by atoms with E-state index < -0.39 is 0 Å². The molecular formula is C18H24N2O. The van der Waals surface area contributed by atoms with Gasteiger partial charge in [-0.1, -0.05) is 38.1 Å². The second kappa shape index (κ2) is 5.64. The molecule has 2 heterocycles. The number of hydrogen-bond donors (Lipinski definition) is 1. The number of nitrogens with zero attached hydrogens (tertiary/aromatic N) is 2. The lowest BCUT2D eigenvalue weighted by molar-refractivity contribution is 0.277. The minimum Gasteiger partial charge on any atom is -0.390 e. The van der Waals surface area contributed by atoms with E-state index in [1.807, 2.05) is 12.1 Å². The molecule has 0 atom stereocenters. The Hall–Kier alpha value is -1.61. The third kappa shape index (κ3) is 2.51. The molecule has 0 aliphatic carbocycles. The van der Waals surface area contributed by atoms with Crippen molar-refractivity contribution >= 4 is 16.6 Å². The molecule has 0 amide bonds. The SMILES string of the molecule is CCC1(CC)CCN(c2nc(CO)cc3ccccc23)C1. The first-order chi connectivity index (χ1) is 10.2. The lowest BCUT2D eigenvalue weighted by atomic mass is 9.82. The molecule has 3 nitrogen and oxygen atoms in total. The molecule has 3 rings (SSSR count). The Kier molecular flexibility index (Phi) is 3.85. The van der Waals surface area contributed by atoms with Crippen molar-refractivity contribution in [3.05, 3.63) is 36.0 Å². The number of hydrogen-bond acceptors (Lipinski definition) is 3. The number of aliphatic hydroxyl groups is 1. The summed E-state index contributed by atoms with van der Waals surface area (Å²) >= 11 is 0. The molecule has 0 radical (unpaired) electrons. The fourth-order valence-corrected chi connectivity index (χ4v) is 3.50. The molecule has 0 bridgehead atoms. The van der Waals surface area contributed by atoms with Crippen LogP contribution in [0.1, 0.15) is 38.8 Å². The Morgan fingerprint density at radius 1 is 1.24 bits per heavy atom. The maximum Gasteiger partial charge on any atom is 0.136 e. The van der Waals surface area contributed by atoms with E-state index in [9.17, 15) is 5.11 Å². The van der Waals surface area contributed by atoms with Crippen molar-refractivity contribution in [1.82, 2.24) is 4.98 Å². The maximum atomic E-state index is 9.48. The number of aliphatic hydroxyl groups excluding tert-OH is 1. The highest BCUT2D eigenvalue weighted by molar-refractivity contribution is 5.92. The fraction of sp³-hybridized carbons (Fsp3) is 0.500. The number of benzene rings is 1. The Balaban J connectivity index is 2.04. The summed E-state index contributed by atoms with van der Waals surface area (Å²) in [6, 6.07) is 10.3. The van der Waals surface area contributed by atoms with Crippen molar-refractivity contribution in [3.63, 3.8) is 0 Å². The molecule has 0 unspecified atom stereocenters. The summed E-state index contributed by atoms with van der Waals surface area (Å²) in [5.74, 6) is 1.04. The molecule has 1 N–H and O–H groups in total. The highest BCUT2D eigenvalue weighted by Crippen LogP contribution is 2.40. The fourth-order valence-electron chi connectivity index (χ4n) is 3.50. The summed E-state index contributed by atoms with van der Waals surface area (Å²) in [5.41, 5.74) is 1.19. The van der Waals surface area contributed by atoms with Gasteiger partial charge >= 0.3 is 0 Å². The van der Waals surface area contributed by atoms with Gasteiger partial charge in [-0.25, -0.2) is 4.98 Å². The van der Waals surface area contributed by atoms with Crippen LogP contribution in [0, 0.1) is 5.41 Å². The minimum atomic E-state index is -0.00161. The second-order valence-corrected chi connectivity index (χ2v) is 6.20. The molecule has 0 spiro atoms. The zero-order valence-corrected chi connectivity index (χ0v) is 13.0. The van der Waals surface area contributed by atoms with Gasteiger partial charge in [-0.05, 0) is 36.1 Å². The number of rotatable bonds is 4. The van der Waals surface area contributed by atoms with E-state index in [0.717, 1.165) is 30.0 Å². The molecule has 112 valence electrons. The lowest BCUT2D eigenvalue weighted by Gasteiger charge is -2.27. The summed E-state index contributed by atoms with van der Waals surface area (Å²) in [7, 11) is 0. The third-order valence-corrected chi connectivity index (χ3v) is 5.17. The normalized spacial score (nSPS) is 17.6. The van der Waals surface area contributed by atoms with Gasteiger partial charge < -0.3 is 10.0 Å². The monoisotopic (exact) mass is 284 g/mol. The first-order valence-corrected chi connectivity index (χ1v) is 7.96. The van der Waals surface area contributed by atoms with Gasteiger partial charge in [0.2, 0.25) is 0 Å². The van der Waals surface area contributed by atoms with E-state index >= 15 is 0 Å². The van der Waals surface area contributed by atoms with Crippen molar-refractivity contribution < 1.29 is 5.11 Å². The molecule has 1 aliphatic heterocycles. The van der Waals surface area contributed by atoms with Gasteiger partial charge in [-0.3, -0.25) is 0 Å². The number of aromatic nitrogens is 1. The van der Waals surface area contributed by atoms with Crippen LogP contribution in [0.4, 0.5) is 5.82 Å². The largest absolute Gasteiger partial charge is 0.390 e. The van der Waals surface area contributed by atoms with Crippen LogP contribution in [0.2, 0.25) is 0 Å². The zero-order valence-electron chi connectivity index (χ0n) is 13.0. The lowest BCUT2D eigenvalue weighted by Crippen LogP contribution is -2.27. The molecule has 1 aromatic carbocycles. The van der Waals surface area contributed by atoms with Crippen molar-refractivity contribution in [3.8, 4) is 0 Å². The summed E-state index contributed by atoms with van der Waals surface area (Å²) < 4.78 is 0. The van der Waals surface area contributed by atoms with Crippen LogP contribution in [-0.2, 0) is 6.61 Å². The van der Waals surface area contributed by atoms with E-state index in [2.05, 4.69) is 36.9 Å². The molecule has 1 aromatic heterocycles. The predicted molar refractivity (Wildman–Crippen MR) is 87.5 cm³/mol. The van der Waals surface area contributed by atoms with Crippen molar-refractivity contribution in [2.24, 2.45) is 5.41 Å². The number of anilines is 1. The quantitative estimate of drug-likeness (QED) is 0.929. The van der Waals surface area contributed by atoms with Gasteiger partial charge in [-0.2, -0.15) is 0 Å². The van der Waals surface area contributed by atoms with E-state index in [-0.39, 0.29) is 6.61 Å². The maximum absolute atomic E-state index is 9.48. The zero-order chi connectivity index (χ0) is 14.9. The number of pyridine rings is 1. The molecule has 2 aromatic rings. The smallest absolute Gasteiger partial charge is 0.136 e. The summed E-state index contributed by atoms with van der Waals surface area (Å²) in [6.07, 6.45) is 3.68. The minimum absolute atomic E-state index is 0.00161. The van der Waals surface area contributed by atoms with Crippen LogP contribution in [-0.4, -0.2) is 23.2 Å². The first-order valence-electron chi connectivity index (χ1n) is 7.96. The Morgan fingerprint density at radius 3 is 2.67 bits per heavy atom. The van der Waals surface area contributed by atoms with Gasteiger partial charge in [0.15, 0.2) is 0 Å². The Morgan fingerprint density at radius 2 is 2.00 bits per heavy atom. The molecule has 1 saturated heterocycles. The van der Waals surface area contributed by atoms with Crippen molar-refractivity contribution in [1.29, 1.82) is 0 Å². The number of fused-ring (bicyclic) bond motifs is 1. The van der Waals surface area contributed by atoms with E-state index in [4.69, 9.17) is 4.98 Å². The summed E-state index contributed by atoms with van der Waals surface area (Å²) in [6.45, 7) is 6.73. The average molecular weight is 284 g/mol. The topological polar surface area (TPSA) is 36.4 Å². The van der Waals surface area contributed by atoms with Crippen LogP contribution < -0.4 is 4.90 Å². The summed E-state index contributed by atoms with van der Waals surface area (Å²) in [4.78, 5) is 7.12. The molecule has 21 heavy (non-hydrogen) atoms. The predicted octanol–water partition coefficient (Wildman–Crippen LogP) is 3.74. The van der Waals surface area contributed by atoms with Crippen LogP contribution in [0.15, 0.2) is 30.3 Å². The van der Waals surface area contributed by atoms with Crippen LogP contribution in [0.25, 0.3) is 10.8 Å². The van der Waals surface area contributed by atoms with Crippen molar-refractivity contribution in [2.45, 2.75) is 39.7 Å². The van der Waals surface area contributed by atoms with Gasteiger partial charge in [0.25, 0.3) is 0 Å². The van der Waals surface area contributed by atoms with Crippen LogP contribution in [0.5, 0.6) is 0 Å². The molecule has 0 saturated carbocycles. The molecule has 1 fully saturated rings. The molecule has 1 aliphatic rings. The van der Waals surface area contributed by atoms with Gasteiger partial charge in [-0.15, -0.1) is 0 Å². The van der Waals surface area contributed by atoms with Gasteiger partial charge in [0.05, 0.1) is 12.3 Å². The second-order valence-electron chi connectivity index (χ2n) is 6.20. The average Bonchev–Trinajstić information content (AvgIpc) is 2.99. The van der Waals surface area contributed by atoms with Crippen LogP contribution >= 0.6 is 0 Å². The Bertz CT molecular complexity index is 634. The van der Waals surface area contributed by atoms with Gasteiger partial charge in [0.1, 0.15) is 5.82 Å². The highest BCUT2D eigenvalue weighted by atomic mass is 16.3. The van der Waals surface area contributed by atoms with E-state index in [1.54, 1.807) is 0 Å².